The van der Waals surface area contributed by atoms with Crippen LogP contribution in [0.15, 0.2) is 20.5 Å². The molecule has 1 saturated carbocycles. The third kappa shape index (κ3) is 4.71. The van der Waals surface area contributed by atoms with Gasteiger partial charge in [0.2, 0.25) is 0 Å². The van der Waals surface area contributed by atoms with Crippen molar-refractivity contribution >= 4 is 30.2 Å². The summed E-state index contributed by atoms with van der Waals surface area (Å²) in [5.41, 5.74) is 9.31. The van der Waals surface area contributed by atoms with Crippen molar-refractivity contribution < 1.29 is 12.9 Å². The highest BCUT2D eigenvalue weighted by Crippen LogP contribution is 2.45. The van der Waals surface area contributed by atoms with Crippen LogP contribution in [0.4, 0.5) is 0 Å². The molecule has 4 rings (SSSR count). The molecular weight excluding hydrogens is 439 g/mol. The molecule has 1 aliphatic rings. The number of benzene rings is 2. The fraction of sp³-hybridized carbons (Fsp3) is 0.600. The zero-order valence-corrected chi connectivity index (χ0v) is 23.8. The summed E-state index contributed by atoms with van der Waals surface area (Å²) in [6.45, 7) is 22.5. The van der Waals surface area contributed by atoms with Crippen LogP contribution in [0, 0.1) is 27.7 Å². The number of hydrogen-bond donors (Lipinski definition) is 0. The molecule has 0 saturated heterocycles. The molecule has 3 nitrogen and oxygen atoms in total. The smallest absolute Gasteiger partial charge is 0.387 e. The van der Waals surface area contributed by atoms with E-state index in [1.807, 2.05) is 0 Å². The van der Waals surface area contributed by atoms with Crippen LogP contribution in [-0.2, 0) is 10.8 Å². The Kier molecular flexibility index (Phi) is 6.77. The maximum Gasteiger partial charge on any atom is 0.387 e. The maximum absolute atomic E-state index is 6.82. The first kappa shape index (κ1) is 25.4. The molecule has 3 aromatic rings. The molecule has 1 fully saturated rings. The van der Waals surface area contributed by atoms with Crippen LogP contribution >= 0.6 is 8.24 Å². The van der Waals surface area contributed by atoms with Crippen molar-refractivity contribution in [1.82, 2.24) is 0 Å². The van der Waals surface area contributed by atoms with Gasteiger partial charge < -0.3 is 8.39 Å². The van der Waals surface area contributed by atoms with Crippen molar-refractivity contribution in [1.29, 1.82) is 0 Å². The van der Waals surface area contributed by atoms with E-state index < -0.39 is 8.24 Å². The lowest BCUT2D eigenvalue weighted by atomic mass is 9.81. The minimum Gasteiger partial charge on any atom is -0.399 e. The normalized spacial score (nSPS) is 15.9. The van der Waals surface area contributed by atoms with Gasteiger partial charge >= 0.3 is 8.24 Å². The predicted octanol–water partition coefficient (Wildman–Crippen LogP) is 9.88. The Labute approximate surface area is 206 Å². The average molecular weight is 483 g/mol. The first-order valence-corrected chi connectivity index (χ1v) is 14.0. The van der Waals surface area contributed by atoms with Gasteiger partial charge in [-0.1, -0.05) is 72.9 Å². The molecule has 0 unspecified atom stereocenters. The summed E-state index contributed by atoms with van der Waals surface area (Å²) in [7, 11) is -1.57. The molecule has 186 valence electrons. The summed E-state index contributed by atoms with van der Waals surface area (Å²) in [5.74, 6) is 0. The van der Waals surface area contributed by atoms with Crippen molar-refractivity contribution in [3.8, 4) is 0 Å². The Balaban J connectivity index is 2.24. The summed E-state index contributed by atoms with van der Waals surface area (Å²) < 4.78 is 20.3. The van der Waals surface area contributed by atoms with Crippen molar-refractivity contribution in [3.63, 3.8) is 0 Å². The van der Waals surface area contributed by atoms with Gasteiger partial charge in [0, 0.05) is 21.9 Å². The second-order valence-electron chi connectivity index (χ2n) is 12.4. The summed E-state index contributed by atoms with van der Waals surface area (Å²) in [6, 6.07) is 4.62. The Morgan fingerprint density at radius 3 is 1.50 bits per heavy atom. The van der Waals surface area contributed by atoms with Crippen LogP contribution in [0.2, 0.25) is 0 Å². The Bertz CT molecular complexity index is 1170. The molecule has 0 atom stereocenters. The number of fused-ring (bicyclic) bond motifs is 3. The topological polar surface area (TPSA) is 35.5 Å². The van der Waals surface area contributed by atoms with E-state index in [0.29, 0.717) is 0 Å². The summed E-state index contributed by atoms with van der Waals surface area (Å²) in [5, 5.41) is 2.37. The van der Waals surface area contributed by atoms with Crippen molar-refractivity contribution in [2.24, 2.45) is 0 Å². The molecule has 0 radical (unpaired) electrons. The molecule has 34 heavy (non-hydrogen) atoms. The molecule has 0 aliphatic heterocycles. The molecule has 2 aromatic carbocycles. The van der Waals surface area contributed by atoms with Gasteiger partial charge in [0.05, 0.1) is 6.10 Å². The first-order chi connectivity index (χ1) is 15.8. The van der Waals surface area contributed by atoms with E-state index in [1.54, 1.807) is 0 Å². The SMILES string of the molecule is Cc1cc(C(C)(C)C)c2op(OC3CCCCC3)oc3c(C(C)(C)C)cc(C)c(C)c3c2c1C. The first-order valence-electron chi connectivity index (χ1n) is 12.9. The van der Waals surface area contributed by atoms with Crippen LogP contribution < -0.4 is 4.52 Å². The van der Waals surface area contributed by atoms with Crippen LogP contribution in [0.1, 0.15) is 107 Å². The van der Waals surface area contributed by atoms with Crippen molar-refractivity contribution in [3.05, 3.63) is 45.5 Å². The Morgan fingerprint density at radius 1 is 0.706 bits per heavy atom. The number of hydrogen-bond acceptors (Lipinski definition) is 3. The zero-order chi connectivity index (χ0) is 25.0. The number of rotatable bonds is 2. The fourth-order valence-corrected chi connectivity index (χ4v) is 6.45. The second-order valence-corrected chi connectivity index (χ2v) is 13.4. The molecule has 1 aromatic heterocycles. The van der Waals surface area contributed by atoms with Gasteiger partial charge in [-0.3, -0.25) is 4.52 Å². The highest BCUT2D eigenvalue weighted by atomic mass is 31.1. The van der Waals surface area contributed by atoms with E-state index in [9.17, 15) is 0 Å². The fourth-order valence-electron chi connectivity index (χ4n) is 5.19. The van der Waals surface area contributed by atoms with Gasteiger partial charge in [0.1, 0.15) is 11.2 Å². The minimum atomic E-state index is -1.57. The van der Waals surface area contributed by atoms with Crippen LogP contribution in [0.5, 0.6) is 0 Å². The monoisotopic (exact) mass is 482 g/mol. The van der Waals surface area contributed by atoms with E-state index >= 15 is 0 Å². The molecule has 0 bridgehead atoms. The van der Waals surface area contributed by atoms with Crippen LogP contribution in [0.25, 0.3) is 21.9 Å². The zero-order valence-electron chi connectivity index (χ0n) is 22.9. The van der Waals surface area contributed by atoms with E-state index in [0.717, 1.165) is 24.0 Å². The third-order valence-corrected chi connectivity index (χ3v) is 8.72. The summed E-state index contributed by atoms with van der Waals surface area (Å²) >= 11 is 0. The summed E-state index contributed by atoms with van der Waals surface area (Å²) in [6.07, 6.45) is 6.12. The van der Waals surface area contributed by atoms with Gasteiger partial charge in [-0.05, 0) is 73.6 Å². The molecule has 0 amide bonds. The Morgan fingerprint density at radius 2 is 1.12 bits per heavy atom. The Hall–Kier alpha value is -1.70. The summed E-state index contributed by atoms with van der Waals surface area (Å²) in [4.78, 5) is 0. The molecule has 1 aliphatic carbocycles. The molecular formula is C30H43O3P. The van der Waals surface area contributed by atoms with Gasteiger partial charge in [0.25, 0.3) is 0 Å². The molecule has 1 heterocycles. The minimum absolute atomic E-state index is 0.0660. The van der Waals surface area contributed by atoms with Gasteiger partial charge in [-0.15, -0.1) is 0 Å². The van der Waals surface area contributed by atoms with Crippen LogP contribution in [0.3, 0.4) is 0 Å². The second kappa shape index (κ2) is 9.07. The maximum atomic E-state index is 6.82. The largest absolute Gasteiger partial charge is 0.399 e. The van der Waals surface area contributed by atoms with E-state index in [2.05, 4.69) is 81.4 Å². The van der Waals surface area contributed by atoms with Crippen molar-refractivity contribution in [2.45, 2.75) is 118 Å². The standard InChI is InChI=1S/C30H43O3P/c1-18-16-23(29(5,6)7)27-25(20(18)3)26-21(4)19(2)17-24(30(8,9)10)28(26)33-34(32-27)31-22-14-12-11-13-15-22/h16-17,22H,11-15H2,1-10H3. The molecule has 4 heteroatoms. The number of aryl methyl sites for hydroxylation is 4. The highest BCUT2D eigenvalue weighted by Gasteiger charge is 2.28. The third-order valence-electron chi connectivity index (χ3n) is 7.58. The average Bonchev–Trinajstić information content (AvgIpc) is 2.89. The molecule has 0 spiro atoms. The lowest BCUT2D eigenvalue weighted by Gasteiger charge is -2.23. The lowest BCUT2D eigenvalue weighted by Crippen LogP contribution is -2.18. The van der Waals surface area contributed by atoms with E-state index in [4.69, 9.17) is 12.9 Å². The van der Waals surface area contributed by atoms with E-state index in [1.165, 1.54) is 63.4 Å². The van der Waals surface area contributed by atoms with Crippen molar-refractivity contribution in [2.75, 3.05) is 0 Å². The quantitative estimate of drug-likeness (QED) is 0.364. The molecule has 0 N–H and O–H groups in total. The highest BCUT2D eigenvalue weighted by molar-refractivity contribution is 7.31. The predicted molar refractivity (Wildman–Crippen MR) is 146 cm³/mol. The van der Waals surface area contributed by atoms with Gasteiger partial charge in [-0.2, -0.15) is 0 Å². The van der Waals surface area contributed by atoms with Gasteiger partial charge in [0.15, 0.2) is 0 Å². The van der Waals surface area contributed by atoms with E-state index in [-0.39, 0.29) is 16.9 Å². The van der Waals surface area contributed by atoms with Gasteiger partial charge in [-0.25, -0.2) is 0 Å². The van der Waals surface area contributed by atoms with Crippen LogP contribution in [-0.4, -0.2) is 6.10 Å². The lowest BCUT2D eigenvalue weighted by molar-refractivity contribution is 0.200.